The van der Waals surface area contributed by atoms with Crippen LogP contribution in [0.25, 0.3) is 22.6 Å². The zero-order valence-corrected chi connectivity index (χ0v) is 11.2. The van der Waals surface area contributed by atoms with Crippen LogP contribution in [-0.2, 0) is 0 Å². The van der Waals surface area contributed by atoms with E-state index < -0.39 is 0 Å². The largest absolute Gasteiger partial charge is 0.497 e. The second kappa shape index (κ2) is 4.77. The summed E-state index contributed by atoms with van der Waals surface area (Å²) in [6.07, 6.45) is 0. The molecule has 0 saturated heterocycles. The molecule has 0 bridgehead atoms. The molecular weight excluding hydrogens is 256 g/mol. The molecule has 0 fully saturated rings. The molecule has 0 radical (unpaired) electrons. The van der Waals surface area contributed by atoms with Gasteiger partial charge in [-0.15, -0.1) is 0 Å². The van der Waals surface area contributed by atoms with Crippen molar-refractivity contribution in [3.63, 3.8) is 0 Å². The van der Waals surface area contributed by atoms with Gasteiger partial charge in [-0.1, -0.05) is 0 Å². The van der Waals surface area contributed by atoms with Gasteiger partial charge in [0.15, 0.2) is 5.58 Å². The number of aromatic nitrogens is 1. The first-order valence-corrected chi connectivity index (χ1v) is 6.09. The Labute approximate surface area is 115 Å². The lowest BCUT2D eigenvalue weighted by Crippen LogP contribution is -1.91. The summed E-state index contributed by atoms with van der Waals surface area (Å²) in [7, 11) is 3.20. The van der Waals surface area contributed by atoms with E-state index in [0.29, 0.717) is 22.9 Å². The fourth-order valence-electron chi connectivity index (χ4n) is 2.03. The molecule has 102 valence electrons. The monoisotopic (exact) mass is 270 g/mol. The first-order chi connectivity index (χ1) is 9.71. The lowest BCUT2D eigenvalue weighted by atomic mass is 10.2. The zero-order chi connectivity index (χ0) is 14.1. The van der Waals surface area contributed by atoms with Crippen molar-refractivity contribution in [1.29, 1.82) is 0 Å². The molecule has 0 aliphatic heterocycles. The average Bonchev–Trinajstić information content (AvgIpc) is 2.89. The van der Waals surface area contributed by atoms with Gasteiger partial charge in [-0.05, 0) is 24.3 Å². The van der Waals surface area contributed by atoms with Gasteiger partial charge in [0.2, 0.25) is 5.89 Å². The summed E-state index contributed by atoms with van der Waals surface area (Å²) >= 11 is 0. The zero-order valence-electron chi connectivity index (χ0n) is 11.2. The number of nitrogens with two attached hydrogens (primary N) is 1. The summed E-state index contributed by atoms with van der Waals surface area (Å²) in [4.78, 5) is 4.46. The number of nitrogens with zero attached hydrogens (tertiary/aromatic N) is 1. The highest BCUT2D eigenvalue weighted by atomic mass is 16.5. The maximum absolute atomic E-state index is 5.75. The molecule has 5 heteroatoms. The molecular formula is C15H14N2O3. The molecule has 0 aliphatic carbocycles. The summed E-state index contributed by atoms with van der Waals surface area (Å²) in [5.74, 6) is 1.86. The third-order valence-corrected chi connectivity index (χ3v) is 3.05. The fraction of sp³-hybridized carbons (Fsp3) is 0.133. The SMILES string of the molecule is COc1ccc2oc(-c3ccc(N)cc3OC)nc2c1. The summed E-state index contributed by atoms with van der Waals surface area (Å²) in [5.41, 5.74) is 8.56. The molecule has 1 heterocycles. The second-order valence-corrected chi connectivity index (χ2v) is 4.31. The number of hydrogen-bond donors (Lipinski definition) is 1. The van der Waals surface area contributed by atoms with Crippen LogP contribution in [0.2, 0.25) is 0 Å². The number of benzene rings is 2. The van der Waals surface area contributed by atoms with Crippen LogP contribution in [0.5, 0.6) is 11.5 Å². The van der Waals surface area contributed by atoms with Crippen molar-refractivity contribution in [2.75, 3.05) is 20.0 Å². The van der Waals surface area contributed by atoms with E-state index in [1.54, 1.807) is 26.4 Å². The Morgan fingerprint density at radius 1 is 1.05 bits per heavy atom. The summed E-state index contributed by atoms with van der Waals surface area (Å²) in [5, 5.41) is 0. The smallest absolute Gasteiger partial charge is 0.231 e. The van der Waals surface area contributed by atoms with Crippen LogP contribution < -0.4 is 15.2 Å². The van der Waals surface area contributed by atoms with Gasteiger partial charge in [0.05, 0.1) is 19.8 Å². The van der Waals surface area contributed by atoms with E-state index >= 15 is 0 Å². The molecule has 2 N–H and O–H groups in total. The number of fused-ring (bicyclic) bond motifs is 1. The molecule has 2 aromatic carbocycles. The van der Waals surface area contributed by atoms with Crippen molar-refractivity contribution in [2.24, 2.45) is 0 Å². The highest BCUT2D eigenvalue weighted by Gasteiger charge is 2.13. The number of rotatable bonds is 3. The van der Waals surface area contributed by atoms with E-state index in [2.05, 4.69) is 4.98 Å². The number of ether oxygens (including phenoxy) is 2. The molecule has 3 rings (SSSR count). The van der Waals surface area contributed by atoms with Crippen LogP contribution in [0, 0.1) is 0 Å². The molecule has 0 unspecified atom stereocenters. The molecule has 0 saturated carbocycles. The van der Waals surface area contributed by atoms with Gasteiger partial charge in [0.1, 0.15) is 17.0 Å². The van der Waals surface area contributed by atoms with Crippen molar-refractivity contribution < 1.29 is 13.9 Å². The van der Waals surface area contributed by atoms with Crippen molar-refractivity contribution in [3.05, 3.63) is 36.4 Å². The van der Waals surface area contributed by atoms with Gasteiger partial charge in [-0.3, -0.25) is 0 Å². The quantitative estimate of drug-likeness (QED) is 0.740. The Bertz CT molecular complexity index is 765. The van der Waals surface area contributed by atoms with Crippen LogP contribution in [0.3, 0.4) is 0 Å². The molecule has 0 atom stereocenters. The minimum atomic E-state index is 0.491. The third kappa shape index (κ3) is 2.03. The van der Waals surface area contributed by atoms with E-state index in [4.69, 9.17) is 19.6 Å². The van der Waals surface area contributed by atoms with Crippen molar-refractivity contribution in [2.45, 2.75) is 0 Å². The number of oxazole rings is 1. The van der Waals surface area contributed by atoms with Crippen LogP contribution in [-0.4, -0.2) is 19.2 Å². The van der Waals surface area contributed by atoms with Gasteiger partial charge < -0.3 is 19.6 Å². The highest BCUT2D eigenvalue weighted by molar-refractivity contribution is 5.79. The maximum atomic E-state index is 5.75. The Hall–Kier alpha value is -2.69. The molecule has 20 heavy (non-hydrogen) atoms. The average molecular weight is 270 g/mol. The number of hydrogen-bond acceptors (Lipinski definition) is 5. The first kappa shape index (κ1) is 12.3. The van der Waals surface area contributed by atoms with E-state index in [1.165, 1.54) is 0 Å². The minimum absolute atomic E-state index is 0.491. The van der Waals surface area contributed by atoms with Crippen molar-refractivity contribution in [1.82, 2.24) is 4.98 Å². The molecule has 0 aliphatic rings. The Balaban J connectivity index is 2.14. The molecule has 1 aromatic heterocycles. The van der Waals surface area contributed by atoms with Gasteiger partial charge in [0, 0.05) is 17.8 Å². The van der Waals surface area contributed by atoms with Gasteiger partial charge in [-0.2, -0.15) is 0 Å². The Morgan fingerprint density at radius 3 is 2.65 bits per heavy atom. The van der Waals surface area contributed by atoms with Crippen LogP contribution in [0.15, 0.2) is 40.8 Å². The normalized spacial score (nSPS) is 10.7. The molecule has 3 aromatic rings. The summed E-state index contributed by atoms with van der Waals surface area (Å²) < 4.78 is 16.2. The van der Waals surface area contributed by atoms with Crippen LogP contribution in [0.4, 0.5) is 5.69 Å². The first-order valence-electron chi connectivity index (χ1n) is 6.09. The van der Waals surface area contributed by atoms with E-state index in [-0.39, 0.29) is 0 Å². The van der Waals surface area contributed by atoms with Crippen LogP contribution in [0.1, 0.15) is 0 Å². The van der Waals surface area contributed by atoms with E-state index in [0.717, 1.165) is 16.8 Å². The lowest BCUT2D eigenvalue weighted by Gasteiger charge is -2.05. The molecule has 5 nitrogen and oxygen atoms in total. The lowest BCUT2D eigenvalue weighted by molar-refractivity contribution is 0.414. The Morgan fingerprint density at radius 2 is 1.90 bits per heavy atom. The number of methoxy groups -OCH3 is 2. The fourth-order valence-corrected chi connectivity index (χ4v) is 2.03. The van der Waals surface area contributed by atoms with Gasteiger partial charge in [0.25, 0.3) is 0 Å². The van der Waals surface area contributed by atoms with Crippen molar-refractivity contribution in [3.8, 4) is 23.0 Å². The standard InChI is InChI=1S/C15H14N2O3/c1-18-10-4-6-13-12(8-10)17-15(20-13)11-5-3-9(16)7-14(11)19-2/h3-8H,16H2,1-2H3. The number of anilines is 1. The van der Waals surface area contributed by atoms with Crippen molar-refractivity contribution >= 4 is 16.8 Å². The third-order valence-electron chi connectivity index (χ3n) is 3.05. The summed E-state index contributed by atoms with van der Waals surface area (Å²) in [6, 6.07) is 10.8. The van der Waals surface area contributed by atoms with E-state index in [1.807, 2.05) is 24.3 Å². The van der Waals surface area contributed by atoms with Gasteiger partial charge >= 0.3 is 0 Å². The van der Waals surface area contributed by atoms with E-state index in [9.17, 15) is 0 Å². The summed E-state index contributed by atoms with van der Waals surface area (Å²) in [6.45, 7) is 0. The number of nitrogen functional groups attached to an aromatic ring is 1. The predicted molar refractivity (Wildman–Crippen MR) is 77.0 cm³/mol. The predicted octanol–water partition coefficient (Wildman–Crippen LogP) is 3.09. The second-order valence-electron chi connectivity index (χ2n) is 4.31. The molecule has 0 amide bonds. The maximum Gasteiger partial charge on any atom is 0.231 e. The highest BCUT2D eigenvalue weighted by Crippen LogP contribution is 2.33. The minimum Gasteiger partial charge on any atom is -0.497 e. The van der Waals surface area contributed by atoms with Crippen LogP contribution >= 0.6 is 0 Å². The molecule has 0 spiro atoms. The Kier molecular flexibility index (Phi) is 2.95. The topological polar surface area (TPSA) is 70.5 Å². The van der Waals surface area contributed by atoms with Gasteiger partial charge in [-0.25, -0.2) is 4.98 Å².